The fraction of sp³-hybridized carbons (Fsp3) is 0.400. The number of hydrogen-bond donors (Lipinski definition) is 1. The third-order valence-corrected chi connectivity index (χ3v) is 3.43. The van der Waals surface area contributed by atoms with E-state index >= 15 is 0 Å². The van der Waals surface area contributed by atoms with E-state index in [9.17, 15) is 17.8 Å². The number of quaternary nitrogens is 1. The number of carbonyl (C=O) groups excluding carboxylic acids is 1. The fourth-order valence-electron chi connectivity index (χ4n) is 1.29. The number of benzene rings is 1. The maximum Gasteiger partial charge on any atom is 0.243 e. The Labute approximate surface area is 132 Å². The van der Waals surface area contributed by atoms with Crippen LogP contribution in [-0.2, 0) is 14.9 Å². The Morgan fingerprint density at radius 3 is 2.14 bits per heavy atom. The average molecular weight is 328 g/mol. The molecule has 22 heavy (non-hydrogen) atoms. The molecule has 7 heteroatoms. The van der Waals surface area contributed by atoms with Gasteiger partial charge in [-0.3, -0.25) is 4.79 Å². The van der Waals surface area contributed by atoms with Crippen molar-refractivity contribution in [2.24, 2.45) is 0 Å². The van der Waals surface area contributed by atoms with E-state index in [-0.39, 0.29) is 10.8 Å². The van der Waals surface area contributed by atoms with Crippen LogP contribution in [0.25, 0.3) is 0 Å². The number of aryl methyl sites for hydroxylation is 1. The second-order valence-corrected chi connectivity index (χ2v) is 7.16. The van der Waals surface area contributed by atoms with Gasteiger partial charge in [0.2, 0.25) is 5.91 Å². The van der Waals surface area contributed by atoms with Gasteiger partial charge in [0.1, 0.15) is 10.1 Å². The third kappa shape index (κ3) is 10.1. The molecule has 0 unspecified atom stereocenters. The second kappa shape index (κ2) is 8.67. The zero-order valence-corrected chi connectivity index (χ0v) is 14.3. The van der Waals surface area contributed by atoms with Crippen molar-refractivity contribution >= 4 is 16.0 Å². The zero-order chi connectivity index (χ0) is 17.4. The van der Waals surface area contributed by atoms with Crippen LogP contribution in [0.5, 0.6) is 0 Å². The maximum atomic E-state index is 10.7. The summed E-state index contributed by atoms with van der Waals surface area (Å²) in [6.07, 6.45) is 1.29. The normalized spacial score (nSPS) is 11.1. The molecule has 0 aliphatic heterocycles. The summed E-state index contributed by atoms with van der Waals surface area (Å²) in [6, 6.07) is 5.78. The number of likely N-dealkylation sites (N-methyl/N-ethyl adjacent to an activating group) is 1. The molecule has 0 heterocycles. The molecule has 1 aromatic rings. The molecule has 6 nitrogen and oxygen atoms in total. The minimum Gasteiger partial charge on any atom is -0.744 e. The highest BCUT2D eigenvalue weighted by atomic mass is 32.2. The van der Waals surface area contributed by atoms with Crippen LogP contribution in [0.3, 0.4) is 0 Å². The third-order valence-electron chi connectivity index (χ3n) is 2.58. The first-order valence-corrected chi connectivity index (χ1v) is 8.10. The average Bonchev–Trinajstić information content (AvgIpc) is 2.37. The minimum absolute atomic E-state index is 0.0987. The number of rotatable bonds is 5. The molecular weight excluding hydrogens is 304 g/mol. The molecule has 0 aromatic heterocycles. The van der Waals surface area contributed by atoms with Gasteiger partial charge in [0.15, 0.2) is 0 Å². The van der Waals surface area contributed by atoms with Crippen molar-refractivity contribution in [3.05, 3.63) is 42.5 Å². The number of carbonyl (C=O) groups is 1. The van der Waals surface area contributed by atoms with Crippen molar-refractivity contribution in [1.29, 1.82) is 0 Å². The molecule has 124 valence electrons. The number of nitrogens with one attached hydrogen (secondary N) is 1. The van der Waals surface area contributed by atoms with Gasteiger partial charge in [-0.05, 0) is 25.1 Å². The van der Waals surface area contributed by atoms with E-state index in [1.165, 1.54) is 18.2 Å². The zero-order valence-electron chi connectivity index (χ0n) is 13.5. The molecule has 0 saturated carbocycles. The minimum atomic E-state index is -4.27. The molecule has 1 amide bonds. The van der Waals surface area contributed by atoms with Gasteiger partial charge < -0.3 is 14.4 Å². The molecule has 1 aromatic carbocycles. The van der Waals surface area contributed by atoms with E-state index in [0.29, 0.717) is 6.54 Å². The predicted molar refractivity (Wildman–Crippen MR) is 85.2 cm³/mol. The smallest absolute Gasteiger partial charge is 0.243 e. The Hall–Kier alpha value is -1.70. The summed E-state index contributed by atoms with van der Waals surface area (Å²) in [5.41, 5.74) is 0.928. The summed E-state index contributed by atoms with van der Waals surface area (Å²) < 4.78 is 32.0. The van der Waals surface area contributed by atoms with Crippen molar-refractivity contribution in [3.8, 4) is 0 Å². The van der Waals surface area contributed by atoms with E-state index in [4.69, 9.17) is 0 Å². The van der Waals surface area contributed by atoms with Crippen molar-refractivity contribution < 1.29 is 22.2 Å². The highest BCUT2D eigenvalue weighted by Gasteiger charge is 2.05. The Balaban J connectivity index is 0.000000401. The topological polar surface area (TPSA) is 86.3 Å². The Morgan fingerprint density at radius 1 is 1.27 bits per heavy atom. The highest BCUT2D eigenvalue weighted by Crippen LogP contribution is 2.08. The first kappa shape index (κ1) is 20.3. The highest BCUT2D eigenvalue weighted by molar-refractivity contribution is 7.85. The van der Waals surface area contributed by atoms with Crippen LogP contribution < -0.4 is 5.32 Å². The van der Waals surface area contributed by atoms with E-state index in [2.05, 4.69) is 33.0 Å². The monoisotopic (exact) mass is 328 g/mol. The molecule has 0 spiro atoms. The van der Waals surface area contributed by atoms with Gasteiger partial charge in [-0.1, -0.05) is 24.3 Å². The Morgan fingerprint density at radius 2 is 1.77 bits per heavy atom. The number of nitrogens with zero attached hydrogens (tertiary/aromatic N) is 1. The maximum absolute atomic E-state index is 10.7. The lowest BCUT2D eigenvalue weighted by Gasteiger charge is -2.23. The summed E-state index contributed by atoms with van der Waals surface area (Å²) in [5, 5.41) is 2.72. The SMILES string of the molecule is C=CC(=O)NCC[N+](C)(C)C.Cc1ccc(S(=O)(=O)[O-])cc1. The molecule has 0 atom stereocenters. The van der Waals surface area contributed by atoms with Crippen molar-refractivity contribution in [1.82, 2.24) is 5.32 Å². The van der Waals surface area contributed by atoms with Gasteiger partial charge in [-0.15, -0.1) is 0 Å². The standard InChI is InChI=1S/C8H16N2O.C7H8O3S/c1-5-8(11)9-6-7-10(2,3)4;1-6-2-4-7(5-3-6)11(8,9)10/h5H,1,6-7H2,2-4H3;2-5H,1H3,(H,8,9,10). The van der Waals surface area contributed by atoms with Gasteiger partial charge in [0.05, 0.1) is 39.1 Å². The molecule has 0 aliphatic carbocycles. The van der Waals surface area contributed by atoms with Crippen LogP contribution >= 0.6 is 0 Å². The Bertz CT molecular complexity index is 587. The molecule has 1 rings (SSSR count). The first-order chi connectivity index (χ1) is 9.95. The van der Waals surface area contributed by atoms with Gasteiger partial charge in [-0.2, -0.15) is 0 Å². The summed E-state index contributed by atoms with van der Waals surface area (Å²) in [6.45, 7) is 6.81. The summed E-state index contributed by atoms with van der Waals surface area (Å²) in [7, 11) is 1.98. The van der Waals surface area contributed by atoms with Crippen molar-refractivity contribution in [3.63, 3.8) is 0 Å². The molecular formula is C15H24N2O4S. The summed E-state index contributed by atoms with van der Waals surface area (Å²) in [5.74, 6) is -0.0987. The first-order valence-electron chi connectivity index (χ1n) is 6.69. The molecule has 0 fully saturated rings. The lowest BCUT2D eigenvalue weighted by molar-refractivity contribution is -0.869. The van der Waals surface area contributed by atoms with Crippen LogP contribution in [0.2, 0.25) is 0 Å². The molecule has 0 bridgehead atoms. The van der Waals surface area contributed by atoms with Crippen molar-refractivity contribution in [2.45, 2.75) is 11.8 Å². The van der Waals surface area contributed by atoms with E-state index in [0.717, 1.165) is 16.6 Å². The van der Waals surface area contributed by atoms with Gasteiger partial charge in [-0.25, -0.2) is 8.42 Å². The van der Waals surface area contributed by atoms with Crippen LogP contribution in [0.4, 0.5) is 0 Å². The van der Waals surface area contributed by atoms with Crippen LogP contribution in [0.15, 0.2) is 41.8 Å². The number of hydrogen-bond acceptors (Lipinski definition) is 4. The lowest BCUT2D eigenvalue weighted by Crippen LogP contribution is -2.41. The van der Waals surface area contributed by atoms with Crippen molar-refractivity contribution in [2.75, 3.05) is 34.2 Å². The van der Waals surface area contributed by atoms with E-state index in [1.807, 2.05) is 6.92 Å². The number of amides is 1. The largest absolute Gasteiger partial charge is 0.744 e. The molecule has 0 saturated heterocycles. The Kier molecular flexibility index (Phi) is 8.00. The van der Waals surface area contributed by atoms with Gasteiger partial charge >= 0.3 is 0 Å². The van der Waals surface area contributed by atoms with Crippen LogP contribution in [-0.4, -0.2) is 57.6 Å². The molecule has 0 radical (unpaired) electrons. The van der Waals surface area contributed by atoms with E-state index < -0.39 is 10.1 Å². The lowest BCUT2D eigenvalue weighted by atomic mass is 10.2. The van der Waals surface area contributed by atoms with Crippen LogP contribution in [0, 0.1) is 6.92 Å². The predicted octanol–water partition coefficient (Wildman–Crippen LogP) is 0.894. The fourth-order valence-corrected chi connectivity index (χ4v) is 1.76. The van der Waals surface area contributed by atoms with Gasteiger partial charge in [0, 0.05) is 0 Å². The molecule has 0 aliphatic rings. The quantitative estimate of drug-likeness (QED) is 0.494. The summed E-state index contributed by atoms with van der Waals surface area (Å²) >= 11 is 0. The van der Waals surface area contributed by atoms with Gasteiger partial charge in [0.25, 0.3) is 0 Å². The molecule has 1 N–H and O–H groups in total. The van der Waals surface area contributed by atoms with E-state index in [1.54, 1.807) is 12.1 Å². The summed E-state index contributed by atoms with van der Waals surface area (Å²) in [4.78, 5) is 10.5. The second-order valence-electron chi connectivity index (χ2n) is 5.78. The van der Waals surface area contributed by atoms with Crippen LogP contribution in [0.1, 0.15) is 5.56 Å².